The predicted octanol–water partition coefficient (Wildman–Crippen LogP) is 4.30. The lowest BCUT2D eigenvalue weighted by Crippen LogP contribution is -2.48. The number of carbonyl (C=O) groups excluding carboxylic acids is 1. The van der Waals surface area contributed by atoms with Gasteiger partial charge in [-0.15, -0.1) is 11.8 Å². The molecule has 0 unspecified atom stereocenters. The molecule has 0 bridgehead atoms. The molecule has 0 aliphatic heterocycles. The summed E-state index contributed by atoms with van der Waals surface area (Å²) >= 11 is 4.99. The summed E-state index contributed by atoms with van der Waals surface area (Å²) in [5, 5.41) is 2.76. The van der Waals surface area contributed by atoms with E-state index in [-0.39, 0.29) is 4.90 Å². The van der Waals surface area contributed by atoms with Crippen molar-refractivity contribution in [1.29, 1.82) is 0 Å². The molecule has 0 aliphatic carbocycles. The third-order valence-corrected chi connectivity index (χ3v) is 8.01. The van der Waals surface area contributed by atoms with Gasteiger partial charge < -0.3 is 5.32 Å². The van der Waals surface area contributed by atoms with Gasteiger partial charge in [0.1, 0.15) is 4.75 Å². The second kappa shape index (κ2) is 9.06. The van der Waals surface area contributed by atoms with Crippen molar-refractivity contribution in [1.82, 2.24) is 5.32 Å². The zero-order valence-electron chi connectivity index (χ0n) is 14.7. The molecule has 0 aromatic heterocycles. The maximum atomic E-state index is 12.8. The van der Waals surface area contributed by atoms with E-state index in [0.29, 0.717) is 6.54 Å². The van der Waals surface area contributed by atoms with Crippen molar-refractivity contribution >= 4 is 43.4 Å². The second-order valence-electron chi connectivity index (χ2n) is 6.24. The molecular weight excluding hydrogens is 434 g/mol. The first-order chi connectivity index (χ1) is 12.2. The molecule has 4 nitrogen and oxygen atoms in total. The van der Waals surface area contributed by atoms with Crippen LogP contribution in [0.3, 0.4) is 0 Å². The van der Waals surface area contributed by atoms with E-state index in [2.05, 4.69) is 21.2 Å². The number of hydrogen-bond donors (Lipinski definition) is 1. The van der Waals surface area contributed by atoms with Crippen LogP contribution in [0.5, 0.6) is 0 Å². The van der Waals surface area contributed by atoms with E-state index in [1.807, 2.05) is 30.3 Å². The molecule has 2 aromatic carbocycles. The Bertz CT molecular complexity index is 835. The van der Waals surface area contributed by atoms with Crippen LogP contribution in [0, 0.1) is 0 Å². The van der Waals surface area contributed by atoms with E-state index in [4.69, 9.17) is 0 Å². The number of sulfone groups is 1. The maximum absolute atomic E-state index is 12.8. The molecule has 1 N–H and O–H groups in total. The highest BCUT2D eigenvalue weighted by Crippen LogP contribution is 2.27. The van der Waals surface area contributed by atoms with E-state index < -0.39 is 20.5 Å². The Morgan fingerprint density at radius 2 is 1.69 bits per heavy atom. The van der Waals surface area contributed by atoms with Gasteiger partial charge >= 0.3 is 0 Å². The molecule has 140 valence electrons. The second-order valence-corrected chi connectivity index (χ2v) is 10.8. The number of carbonyl (C=O) groups is 1. The molecule has 26 heavy (non-hydrogen) atoms. The number of amides is 1. The van der Waals surface area contributed by atoms with Crippen LogP contribution in [0.4, 0.5) is 0 Å². The first-order valence-corrected chi connectivity index (χ1v) is 11.5. The van der Waals surface area contributed by atoms with Gasteiger partial charge in [-0.3, -0.25) is 4.79 Å². The average Bonchev–Trinajstić information content (AvgIpc) is 2.62. The number of benzene rings is 2. The van der Waals surface area contributed by atoms with Crippen LogP contribution in [-0.2, 0) is 14.6 Å². The van der Waals surface area contributed by atoms with Gasteiger partial charge in [-0.25, -0.2) is 8.42 Å². The lowest BCUT2D eigenvalue weighted by atomic mass is 10.2. The van der Waals surface area contributed by atoms with Gasteiger partial charge in [0, 0.05) is 15.9 Å². The third-order valence-electron chi connectivity index (χ3n) is 3.96. The minimum Gasteiger partial charge on any atom is -0.355 e. The highest BCUT2D eigenvalue weighted by molar-refractivity contribution is 9.10. The van der Waals surface area contributed by atoms with Gasteiger partial charge in [-0.05, 0) is 62.4 Å². The van der Waals surface area contributed by atoms with Crippen LogP contribution < -0.4 is 5.32 Å². The number of rotatable bonds is 8. The summed E-state index contributed by atoms with van der Waals surface area (Å²) in [5.74, 6) is 0.370. The van der Waals surface area contributed by atoms with Crippen LogP contribution >= 0.6 is 27.7 Å². The molecule has 0 heterocycles. The van der Waals surface area contributed by atoms with Crippen molar-refractivity contribution < 1.29 is 13.2 Å². The maximum Gasteiger partial charge on any atom is 0.241 e. The van der Waals surface area contributed by atoms with Gasteiger partial charge in [-0.1, -0.05) is 34.1 Å². The molecule has 0 radical (unpaired) electrons. The summed E-state index contributed by atoms with van der Waals surface area (Å²) in [6.07, 6.45) is 0.764. The number of nitrogens with one attached hydrogen (secondary N) is 1. The van der Waals surface area contributed by atoms with Gasteiger partial charge in [-0.2, -0.15) is 0 Å². The van der Waals surface area contributed by atoms with Gasteiger partial charge in [0.25, 0.3) is 0 Å². The van der Waals surface area contributed by atoms with Gasteiger partial charge in [0.2, 0.25) is 5.91 Å². The smallest absolute Gasteiger partial charge is 0.241 e. The number of thioether (sulfide) groups is 1. The minimum absolute atomic E-state index is 0.139. The molecule has 7 heteroatoms. The largest absolute Gasteiger partial charge is 0.355 e. The molecular formula is C19H22BrNO3S2. The fourth-order valence-corrected chi connectivity index (χ4v) is 4.76. The zero-order valence-corrected chi connectivity index (χ0v) is 18.0. The molecule has 0 aliphatic rings. The molecule has 2 aromatic rings. The summed E-state index contributed by atoms with van der Waals surface area (Å²) in [6.45, 7) is 3.33. The minimum atomic E-state index is -3.78. The molecule has 0 spiro atoms. The first kappa shape index (κ1) is 21.0. The van der Waals surface area contributed by atoms with Crippen molar-refractivity contribution in [3.05, 3.63) is 59.1 Å². The average molecular weight is 456 g/mol. The first-order valence-electron chi connectivity index (χ1n) is 8.21. The third kappa shape index (κ3) is 5.11. The van der Waals surface area contributed by atoms with Crippen molar-refractivity contribution in [2.75, 3.05) is 12.3 Å². The lowest BCUT2D eigenvalue weighted by Gasteiger charge is -2.24. The van der Waals surface area contributed by atoms with E-state index in [9.17, 15) is 13.2 Å². The fourth-order valence-electron chi connectivity index (χ4n) is 2.22. The molecule has 0 saturated heterocycles. The Kier molecular flexibility index (Phi) is 7.32. The molecule has 1 amide bonds. The van der Waals surface area contributed by atoms with Crippen molar-refractivity contribution in [2.45, 2.75) is 34.8 Å². The van der Waals surface area contributed by atoms with Gasteiger partial charge in [0.15, 0.2) is 9.84 Å². The Morgan fingerprint density at radius 1 is 1.08 bits per heavy atom. The van der Waals surface area contributed by atoms with E-state index in [1.54, 1.807) is 23.9 Å². The predicted molar refractivity (Wildman–Crippen MR) is 110 cm³/mol. The quantitative estimate of drug-likeness (QED) is 0.475. The summed E-state index contributed by atoms with van der Waals surface area (Å²) < 4.78 is 24.9. The molecule has 0 atom stereocenters. The van der Waals surface area contributed by atoms with Crippen molar-refractivity contribution in [3.8, 4) is 0 Å². The molecule has 0 saturated carbocycles. The van der Waals surface area contributed by atoms with Crippen LogP contribution in [-0.4, -0.2) is 31.4 Å². The topological polar surface area (TPSA) is 63.2 Å². The SMILES string of the molecule is CC(C)(C(=O)NCCCSc1ccccc1)S(=O)(=O)c1ccc(Br)cc1. The van der Waals surface area contributed by atoms with Gasteiger partial charge in [0.05, 0.1) is 4.90 Å². The van der Waals surface area contributed by atoms with Crippen LogP contribution in [0.25, 0.3) is 0 Å². The monoisotopic (exact) mass is 455 g/mol. The summed E-state index contributed by atoms with van der Waals surface area (Å²) in [7, 11) is -3.78. The number of halogens is 1. The normalized spacial score (nSPS) is 12.0. The molecule has 0 fully saturated rings. The Hall–Kier alpha value is -1.31. The molecule has 2 rings (SSSR count). The van der Waals surface area contributed by atoms with Crippen LogP contribution in [0.1, 0.15) is 20.3 Å². The highest BCUT2D eigenvalue weighted by Gasteiger charge is 2.42. The van der Waals surface area contributed by atoms with E-state index >= 15 is 0 Å². The van der Waals surface area contributed by atoms with Crippen LogP contribution in [0.15, 0.2) is 68.9 Å². The fraction of sp³-hybridized carbons (Fsp3) is 0.316. The standard InChI is InChI=1S/C19H22BrNO3S2/c1-19(2,26(23,24)17-11-9-15(20)10-12-17)18(22)21-13-6-14-25-16-7-4-3-5-8-16/h3-5,7-12H,6,13-14H2,1-2H3,(H,21,22). The highest BCUT2D eigenvalue weighted by atomic mass is 79.9. The van der Waals surface area contributed by atoms with E-state index in [0.717, 1.165) is 16.6 Å². The Labute approximate surface area is 167 Å². The van der Waals surface area contributed by atoms with Crippen molar-refractivity contribution in [2.24, 2.45) is 0 Å². The summed E-state index contributed by atoms with van der Waals surface area (Å²) in [6, 6.07) is 16.3. The van der Waals surface area contributed by atoms with Crippen molar-refractivity contribution in [3.63, 3.8) is 0 Å². The lowest BCUT2D eigenvalue weighted by molar-refractivity contribution is -0.122. The summed E-state index contributed by atoms with van der Waals surface area (Å²) in [5.41, 5.74) is 0. The summed E-state index contributed by atoms with van der Waals surface area (Å²) in [4.78, 5) is 13.8. The Morgan fingerprint density at radius 3 is 2.31 bits per heavy atom. The Balaban J connectivity index is 1.89. The zero-order chi connectivity index (χ0) is 19.2. The van der Waals surface area contributed by atoms with Crippen LogP contribution in [0.2, 0.25) is 0 Å². The number of hydrogen-bond acceptors (Lipinski definition) is 4. The van der Waals surface area contributed by atoms with E-state index in [1.165, 1.54) is 30.9 Å².